The third-order valence-corrected chi connectivity index (χ3v) is 6.18. The Morgan fingerprint density at radius 3 is 3.00 bits per heavy atom. The van der Waals surface area contributed by atoms with Crippen LogP contribution >= 0.6 is 23.1 Å². The van der Waals surface area contributed by atoms with Gasteiger partial charge in [-0.05, 0) is 34.9 Å². The van der Waals surface area contributed by atoms with Crippen LogP contribution < -0.4 is 0 Å². The monoisotopic (exact) mass is 318 g/mol. The van der Waals surface area contributed by atoms with Crippen molar-refractivity contribution in [3.8, 4) is 0 Å². The maximum Gasteiger partial charge on any atom is 0.168 e. The molecule has 0 amide bonds. The van der Waals surface area contributed by atoms with Gasteiger partial charge >= 0.3 is 0 Å². The Morgan fingerprint density at radius 2 is 2.19 bits per heavy atom. The summed E-state index contributed by atoms with van der Waals surface area (Å²) < 4.78 is 15.2. The van der Waals surface area contributed by atoms with Crippen molar-refractivity contribution in [2.75, 3.05) is 13.1 Å². The number of benzene rings is 1. The Bertz CT molecular complexity index is 789. The lowest BCUT2D eigenvalue weighted by Gasteiger charge is -2.19. The van der Waals surface area contributed by atoms with Gasteiger partial charge in [-0.1, -0.05) is 25.6 Å². The molecule has 0 spiro atoms. The van der Waals surface area contributed by atoms with E-state index in [0.717, 1.165) is 29.2 Å². The summed E-state index contributed by atoms with van der Waals surface area (Å²) >= 11 is 3.43. The van der Waals surface area contributed by atoms with Crippen molar-refractivity contribution in [2.45, 2.75) is 13.8 Å². The molecule has 2 aliphatic heterocycles. The van der Waals surface area contributed by atoms with Gasteiger partial charge in [0.25, 0.3) is 0 Å². The van der Waals surface area contributed by atoms with Crippen LogP contribution in [0.2, 0.25) is 0 Å². The van der Waals surface area contributed by atoms with E-state index in [1.807, 2.05) is 11.4 Å². The van der Waals surface area contributed by atoms with Crippen molar-refractivity contribution in [3.63, 3.8) is 0 Å². The number of rotatable bonds is 2. The summed E-state index contributed by atoms with van der Waals surface area (Å²) in [4.78, 5) is 8.13. The molecule has 0 atom stereocenters. The Balaban J connectivity index is 1.99. The highest BCUT2D eigenvalue weighted by Gasteiger charge is 2.35. The molecule has 1 aromatic heterocycles. The molecule has 0 saturated carbocycles. The summed E-state index contributed by atoms with van der Waals surface area (Å²) in [6, 6.07) is 5.29. The van der Waals surface area contributed by atoms with Crippen LogP contribution in [0.15, 0.2) is 33.5 Å². The smallest absolute Gasteiger partial charge is 0.168 e. The van der Waals surface area contributed by atoms with Gasteiger partial charge in [0.05, 0.1) is 12.2 Å². The van der Waals surface area contributed by atoms with E-state index < -0.39 is 0 Å². The highest BCUT2D eigenvalue weighted by Crippen LogP contribution is 2.47. The summed E-state index contributed by atoms with van der Waals surface area (Å²) in [7, 11) is 0. The molecule has 4 rings (SSSR count). The highest BCUT2D eigenvalue weighted by atomic mass is 32.2. The molecule has 108 valence electrons. The van der Waals surface area contributed by atoms with Crippen LogP contribution in [0.3, 0.4) is 0 Å². The largest absolute Gasteiger partial charge is 0.318 e. The number of hydrogen-bond acceptors (Lipinski definition) is 4. The quantitative estimate of drug-likeness (QED) is 0.791. The van der Waals surface area contributed by atoms with Crippen molar-refractivity contribution in [1.82, 2.24) is 4.90 Å². The number of aliphatic imine (C=N–C) groups is 1. The normalized spacial score (nSPS) is 18.1. The molecule has 3 heterocycles. The molecule has 2 nitrogen and oxygen atoms in total. The van der Waals surface area contributed by atoms with Gasteiger partial charge < -0.3 is 4.90 Å². The lowest BCUT2D eigenvalue weighted by atomic mass is 10.0. The number of fused-ring (bicyclic) bond motifs is 2. The molecular weight excluding hydrogens is 303 g/mol. The topological polar surface area (TPSA) is 15.6 Å². The van der Waals surface area contributed by atoms with Crippen LogP contribution in [0.4, 0.5) is 4.39 Å². The molecule has 0 N–H and O–H groups in total. The first-order valence-electron chi connectivity index (χ1n) is 7.06. The fourth-order valence-corrected chi connectivity index (χ4v) is 4.99. The van der Waals surface area contributed by atoms with Crippen LogP contribution in [-0.4, -0.2) is 23.2 Å². The molecule has 0 bridgehead atoms. The van der Waals surface area contributed by atoms with Crippen molar-refractivity contribution < 1.29 is 4.39 Å². The second-order valence-corrected chi connectivity index (χ2v) is 7.50. The average Bonchev–Trinajstić information content (AvgIpc) is 3.11. The molecule has 5 heteroatoms. The molecule has 1 aromatic carbocycles. The van der Waals surface area contributed by atoms with Crippen LogP contribution in [0, 0.1) is 11.7 Å². The molecule has 2 aliphatic rings. The van der Waals surface area contributed by atoms with Gasteiger partial charge in [-0.2, -0.15) is 0 Å². The summed E-state index contributed by atoms with van der Waals surface area (Å²) in [5, 5.41) is 4.09. The van der Waals surface area contributed by atoms with Gasteiger partial charge in [-0.25, -0.2) is 4.39 Å². The van der Waals surface area contributed by atoms with Crippen LogP contribution in [-0.2, 0) is 0 Å². The van der Waals surface area contributed by atoms with E-state index in [-0.39, 0.29) is 5.82 Å². The van der Waals surface area contributed by atoms with Gasteiger partial charge in [0.1, 0.15) is 5.82 Å². The number of amidine groups is 1. The molecule has 21 heavy (non-hydrogen) atoms. The summed E-state index contributed by atoms with van der Waals surface area (Å²) in [6.07, 6.45) is 0. The molecule has 0 unspecified atom stereocenters. The van der Waals surface area contributed by atoms with Crippen molar-refractivity contribution in [2.24, 2.45) is 10.9 Å². The van der Waals surface area contributed by atoms with Gasteiger partial charge in [0, 0.05) is 21.7 Å². The summed E-state index contributed by atoms with van der Waals surface area (Å²) in [6.45, 7) is 6.11. The second-order valence-electron chi connectivity index (χ2n) is 5.58. The van der Waals surface area contributed by atoms with E-state index in [2.05, 4.69) is 23.7 Å². The average molecular weight is 318 g/mol. The number of hydrogen-bond donors (Lipinski definition) is 0. The van der Waals surface area contributed by atoms with E-state index in [4.69, 9.17) is 0 Å². The number of allylic oxidation sites excluding steroid dienone is 1. The van der Waals surface area contributed by atoms with Gasteiger partial charge in [0.2, 0.25) is 0 Å². The minimum absolute atomic E-state index is 0.166. The van der Waals surface area contributed by atoms with E-state index in [1.54, 1.807) is 35.2 Å². The number of thioether (sulfide) groups is 1. The SMILES string of the molecule is CC(C)C1=C(c2cc(F)cc3ccsc23)N2CCN=C2S1. The standard InChI is InChI=1S/C16H15FN2S2/c1-9(2)14-13(19-5-4-18-16(19)21-14)12-8-11(17)7-10-3-6-20-15(10)12/h3,6-9H,4-5H2,1-2H3. The number of thiophene rings is 1. The van der Waals surface area contributed by atoms with E-state index in [0.29, 0.717) is 5.92 Å². The third kappa shape index (κ3) is 2.02. The zero-order valence-corrected chi connectivity index (χ0v) is 13.5. The van der Waals surface area contributed by atoms with Crippen LogP contribution in [0.25, 0.3) is 15.8 Å². The van der Waals surface area contributed by atoms with Crippen molar-refractivity contribution in [3.05, 3.63) is 39.9 Å². The minimum atomic E-state index is -0.166. The summed E-state index contributed by atoms with van der Waals surface area (Å²) in [5.41, 5.74) is 2.18. The fraction of sp³-hybridized carbons (Fsp3) is 0.312. The minimum Gasteiger partial charge on any atom is -0.318 e. The van der Waals surface area contributed by atoms with E-state index >= 15 is 0 Å². The Morgan fingerprint density at radius 1 is 1.33 bits per heavy atom. The predicted molar refractivity (Wildman–Crippen MR) is 90.1 cm³/mol. The summed E-state index contributed by atoms with van der Waals surface area (Å²) in [5.74, 6) is 0.248. The number of nitrogens with zero attached hydrogens (tertiary/aromatic N) is 2. The molecule has 0 radical (unpaired) electrons. The predicted octanol–water partition coefficient (Wildman–Crippen LogP) is 4.78. The zero-order valence-electron chi connectivity index (χ0n) is 11.9. The first-order valence-corrected chi connectivity index (χ1v) is 8.76. The molecular formula is C16H15FN2S2. The molecule has 0 fully saturated rings. The zero-order chi connectivity index (χ0) is 14.6. The maximum absolute atomic E-state index is 14.0. The van der Waals surface area contributed by atoms with E-state index in [9.17, 15) is 4.39 Å². The Kier molecular flexibility index (Phi) is 3.08. The third-order valence-electron chi connectivity index (χ3n) is 3.80. The van der Waals surface area contributed by atoms with Crippen LogP contribution in [0.1, 0.15) is 19.4 Å². The molecule has 2 aromatic rings. The van der Waals surface area contributed by atoms with E-state index in [1.165, 1.54) is 15.3 Å². The molecule has 0 saturated heterocycles. The molecule has 0 aliphatic carbocycles. The number of halogens is 1. The lowest BCUT2D eigenvalue weighted by Crippen LogP contribution is -2.20. The van der Waals surface area contributed by atoms with Gasteiger partial charge in [-0.15, -0.1) is 11.3 Å². The maximum atomic E-state index is 14.0. The van der Waals surface area contributed by atoms with Gasteiger partial charge in [-0.3, -0.25) is 4.99 Å². The Labute approximate surface area is 131 Å². The highest BCUT2D eigenvalue weighted by molar-refractivity contribution is 8.17. The lowest BCUT2D eigenvalue weighted by molar-refractivity contribution is 0.623. The second kappa shape index (κ2) is 4.85. The Hall–Kier alpha value is -1.33. The first-order chi connectivity index (χ1) is 10.1. The van der Waals surface area contributed by atoms with Crippen molar-refractivity contribution >= 4 is 44.0 Å². The van der Waals surface area contributed by atoms with Gasteiger partial charge in [0.15, 0.2) is 5.17 Å². The fourth-order valence-electron chi connectivity index (χ4n) is 2.89. The van der Waals surface area contributed by atoms with Crippen LogP contribution in [0.5, 0.6) is 0 Å². The van der Waals surface area contributed by atoms with Crippen molar-refractivity contribution in [1.29, 1.82) is 0 Å². The first kappa shape index (κ1) is 13.3.